The summed E-state index contributed by atoms with van der Waals surface area (Å²) in [5.74, 6) is 0. The first-order chi connectivity index (χ1) is 5.80. The molecule has 2 atom stereocenters. The van der Waals surface area contributed by atoms with Crippen LogP contribution in [-0.2, 0) is 31.5 Å². The molecule has 8 heteroatoms. The van der Waals surface area contributed by atoms with Gasteiger partial charge in [-0.05, 0) is 0 Å². The van der Waals surface area contributed by atoms with E-state index >= 15 is 0 Å². The van der Waals surface area contributed by atoms with Crippen molar-refractivity contribution in [2.24, 2.45) is 0 Å². The maximum absolute atomic E-state index is 8.52. The molecular weight excluding hydrogens is 391 g/mol. The quantitative estimate of drug-likeness (QED) is 0.442. The predicted molar refractivity (Wildman–Crippen MR) is 45.2 cm³/mol. The Labute approximate surface area is 98.3 Å². The molecule has 0 spiro atoms. The summed E-state index contributed by atoms with van der Waals surface area (Å²) in [6, 6.07) is -0.160. The maximum atomic E-state index is 8.52. The van der Waals surface area contributed by atoms with Crippen LogP contribution < -0.4 is 0 Å². The topological polar surface area (TPSA) is 128 Å². The van der Waals surface area contributed by atoms with Gasteiger partial charge in [-0.25, -0.2) is 0 Å². The number of rotatable bonds is 0. The van der Waals surface area contributed by atoms with Gasteiger partial charge in [0.05, 0.1) is 0 Å². The first-order valence-corrected chi connectivity index (χ1v) is 5.23. The van der Waals surface area contributed by atoms with Crippen molar-refractivity contribution in [3.63, 3.8) is 0 Å². The molecule has 0 aromatic heterocycles. The van der Waals surface area contributed by atoms with Crippen LogP contribution in [0.15, 0.2) is 0 Å². The summed E-state index contributed by atoms with van der Waals surface area (Å²) in [5.41, 5.74) is 14.6. The Hall–Kier alpha value is 0.478. The van der Waals surface area contributed by atoms with E-state index in [4.69, 9.17) is 29.0 Å². The molecule has 0 aromatic rings. The molecule has 14 heavy (non-hydrogen) atoms. The van der Waals surface area contributed by atoms with Crippen LogP contribution in [0, 0.1) is 0 Å². The second-order valence-electron chi connectivity index (χ2n) is 2.91. The Morgan fingerprint density at radius 3 is 1.36 bits per heavy atom. The molecule has 1 saturated carbocycles. The zero-order chi connectivity index (χ0) is 10.5. The molecule has 2 N–H and O–H groups in total. The molecule has 0 aliphatic heterocycles. The summed E-state index contributed by atoms with van der Waals surface area (Å²) in [6.45, 7) is 0. The average Bonchev–Trinajstić information content (AvgIpc) is 1.92. The molecule has 86 valence electrons. The van der Waals surface area contributed by atoms with Gasteiger partial charge in [0.25, 0.3) is 0 Å². The first-order valence-electron chi connectivity index (χ1n) is 3.89. The van der Waals surface area contributed by atoms with Gasteiger partial charge in [0.2, 0.25) is 0 Å². The van der Waals surface area contributed by atoms with E-state index in [0.29, 0.717) is 0 Å². The fourth-order valence-corrected chi connectivity index (χ4v) is 1.13. The van der Waals surface area contributed by atoms with Crippen molar-refractivity contribution in [3.8, 4) is 0 Å². The smallest absolute Gasteiger partial charge is 0.759 e. The van der Waals surface area contributed by atoms with Crippen LogP contribution in [0.25, 0.3) is 11.5 Å². The van der Waals surface area contributed by atoms with Crippen molar-refractivity contribution in [2.75, 3.05) is 0 Å². The van der Waals surface area contributed by atoms with E-state index in [0.717, 1.165) is 12.8 Å². The Morgan fingerprint density at radius 2 is 1.21 bits per heavy atom. The molecule has 0 bridgehead atoms. The van der Waals surface area contributed by atoms with E-state index < -0.39 is 10.4 Å². The molecule has 0 amide bonds. The Balaban J connectivity index is 0. The van der Waals surface area contributed by atoms with Gasteiger partial charge in [-0.15, -0.1) is 0 Å². The summed E-state index contributed by atoms with van der Waals surface area (Å²) < 4.78 is 34.1. The van der Waals surface area contributed by atoms with Crippen LogP contribution in [0.1, 0.15) is 25.7 Å². The summed E-state index contributed by atoms with van der Waals surface area (Å²) >= 11 is 0. The van der Waals surface area contributed by atoms with Gasteiger partial charge in [-0.2, -0.15) is 12.1 Å². The molecular formula is C6H12N2O4PtS. The minimum Gasteiger partial charge on any atom is -0.759 e. The molecule has 0 unspecified atom stereocenters. The molecule has 6 nitrogen and oxygen atoms in total. The minimum absolute atomic E-state index is 0. The largest absolute Gasteiger partial charge is 4.00 e. The normalized spacial score (nSPS) is 26.9. The van der Waals surface area contributed by atoms with Crippen molar-refractivity contribution >= 4 is 10.4 Å². The fourth-order valence-electron chi connectivity index (χ4n) is 1.13. The van der Waals surface area contributed by atoms with Crippen LogP contribution >= 0.6 is 0 Å². The summed E-state index contributed by atoms with van der Waals surface area (Å²) in [5, 5.41) is 0. The van der Waals surface area contributed by atoms with E-state index in [1.165, 1.54) is 12.8 Å². The minimum atomic E-state index is -5.17. The summed E-state index contributed by atoms with van der Waals surface area (Å²) in [4.78, 5) is 0. The van der Waals surface area contributed by atoms with Gasteiger partial charge in [0, 0.05) is 10.4 Å². The van der Waals surface area contributed by atoms with Gasteiger partial charge in [-0.1, -0.05) is 25.7 Å². The summed E-state index contributed by atoms with van der Waals surface area (Å²) in [6.07, 6.45) is 4.25. The van der Waals surface area contributed by atoms with E-state index in [9.17, 15) is 0 Å². The van der Waals surface area contributed by atoms with Crippen molar-refractivity contribution in [3.05, 3.63) is 11.5 Å². The van der Waals surface area contributed by atoms with Crippen LogP contribution in [0.2, 0.25) is 0 Å². The summed E-state index contributed by atoms with van der Waals surface area (Å²) in [7, 11) is -5.17. The molecule has 0 aromatic carbocycles. The third-order valence-electron chi connectivity index (χ3n) is 1.77. The predicted octanol–water partition coefficient (Wildman–Crippen LogP) is 1.06. The third kappa shape index (κ3) is 12.5. The second-order valence-corrected chi connectivity index (χ2v) is 3.72. The van der Waals surface area contributed by atoms with Crippen molar-refractivity contribution < 1.29 is 38.6 Å². The van der Waals surface area contributed by atoms with Crippen LogP contribution in [0.5, 0.6) is 0 Å². The van der Waals surface area contributed by atoms with Gasteiger partial charge < -0.3 is 20.6 Å². The average molecular weight is 403 g/mol. The monoisotopic (exact) mass is 403 g/mol. The zero-order valence-electron chi connectivity index (χ0n) is 7.34. The molecule has 1 aliphatic rings. The second kappa shape index (κ2) is 7.73. The Bertz CT molecular complexity index is 216. The zero-order valence-corrected chi connectivity index (χ0v) is 10.4. The van der Waals surface area contributed by atoms with Crippen LogP contribution in [-0.4, -0.2) is 29.6 Å². The van der Waals surface area contributed by atoms with E-state index in [-0.39, 0.29) is 33.1 Å². The molecule has 1 rings (SSSR count). The van der Waals surface area contributed by atoms with Crippen molar-refractivity contribution in [2.45, 2.75) is 37.8 Å². The van der Waals surface area contributed by atoms with Gasteiger partial charge >= 0.3 is 21.1 Å². The van der Waals surface area contributed by atoms with Crippen molar-refractivity contribution in [1.29, 1.82) is 0 Å². The maximum Gasteiger partial charge on any atom is 4.00 e. The molecule has 0 heterocycles. The molecule has 0 saturated heterocycles. The van der Waals surface area contributed by atoms with E-state index in [2.05, 4.69) is 0 Å². The van der Waals surface area contributed by atoms with E-state index in [1.807, 2.05) is 0 Å². The van der Waals surface area contributed by atoms with Crippen LogP contribution in [0.4, 0.5) is 0 Å². The Kier molecular flexibility index (Phi) is 9.33. The number of nitrogens with one attached hydrogen (secondary N) is 2. The fraction of sp³-hybridized carbons (Fsp3) is 1.00. The van der Waals surface area contributed by atoms with Crippen LogP contribution in [0.3, 0.4) is 0 Å². The van der Waals surface area contributed by atoms with Gasteiger partial charge in [0.15, 0.2) is 0 Å². The van der Waals surface area contributed by atoms with Gasteiger partial charge in [0.1, 0.15) is 0 Å². The molecule has 1 aliphatic carbocycles. The number of hydrogen-bond acceptors (Lipinski definition) is 4. The third-order valence-corrected chi connectivity index (χ3v) is 1.77. The van der Waals surface area contributed by atoms with Crippen molar-refractivity contribution in [1.82, 2.24) is 0 Å². The van der Waals surface area contributed by atoms with Gasteiger partial charge in [-0.3, -0.25) is 8.42 Å². The van der Waals surface area contributed by atoms with E-state index in [1.54, 1.807) is 0 Å². The standard InChI is InChI=1S/C6H12N2.H2O4S.Pt/c7-5-3-1-2-4-6(5)8;1-5(2,3)4;/h5-8H,1-4H2;(H2,1,2,3,4);/q-2;;+4/p-2/t5-,6-;;/m0../s1. The Morgan fingerprint density at radius 1 is 1.00 bits per heavy atom. The first kappa shape index (κ1) is 16.9. The molecule has 0 radical (unpaired) electrons. The molecule has 1 fully saturated rings. The number of hydrogen-bond donors (Lipinski definition) is 0. The SMILES string of the molecule is O=S(=O)([O-])[O-].[NH-][C@H]1CCCC[C@@H]1[NH-].[Pt+4].